The first-order valence-corrected chi connectivity index (χ1v) is 6.84. The van der Waals surface area contributed by atoms with Gasteiger partial charge in [-0.25, -0.2) is 4.52 Å². The third-order valence-electron chi connectivity index (χ3n) is 2.97. The minimum Gasteiger partial charge on any atom is -0.354 e. The van der Waals surface area contributed by atoms with Crippen LogP contribution in [-0.2, 0) is 4.79 Å². The molecule has 0 aliphatic carbocycles. The third kappa shape index (κ3) is 3.26. The molecular formula is C14H21N5O. The van der Waals surface area contributed by atoms with Gasteiger partial charge in [0, 0.05) is 12.2 Å². The maximum Gasteiger partial charge on any atom is 0.243 e. The number of nitrogens with zero attached hydrogens (tertiary/aromatic N) is 3. The fraction of sp³-hybridized carbons (Fsp3) is 0.500. The zero-order valence-electron chi connectivity index (χ0n) is 12.3. The van der Waals surface area contributed by atoms with E-state index in [1.807, 2.05) is 25.1 Å². The minimum atomic E-state index is -0.369. The molecule has 2 aromatic rings. The summed E-state index contributed by atoms with van der Waals surface area (Å²) in [7, 11) is 0. The number of nitrogens with one attached hydrogen (secondary N) is 2. The van der Waals surface area contributed by atoms with Crippen molar-refractivity contribution in [2.24, 2.45) is 5.92 Å². The second-order valence-corrected chi connectivity index (χ2v) is 5.38. The minimum absolute atomic E-state index is 0.0470. The second kappa shape index (κ2) is 5.90. The van der Waals surface area contributed by atoms with Crippen molar-refractivity contribution in [2.45, 2.75) is 33.7 Å². The number of amides is 1. The van der Waals surface area contributed by atoms with E-state index in [0.29, 0.717) is 18.4 Å². The lowest BCUT2D eigenvalue weighted by Gasteiger charge is -2.13. The van der Waals surface area contributed by atoms with Crippen molar-refractivity contribution in [2.75, 3.05) is 11.9 Å². The van der Waals surface area contributed by atoms with Gasteiger partial charge in [-0.15, -0.1) is 5.10 Å². The van der Waals surface area contributed by atoms with Crippen molar-refractivity contribution in [3.63, 3.8) is 0 Å². The van der Waals surface area contributed by atoms with Crippen molar-refractivity contribution in [1.29, 1.82) is 0 Å². The van der Waals surface area contributed by atoms with Crippen molar-refractivity contribution in [1.82, 2.24) is 19.9 Å². The molecule has 0 saturated heterocycles. The molecule has 0 spiro atoms. The molecule has 1 amide bonds. The number of pyridine rings is 1. The Labute approximate surface area is 118 Å². The topological polar surface area (TPSA) is 71.3 Å². The van der Waals surface area contributed by atoms with E-state index in [9.17, 15) is 4.79 Å². The Morgan fingerprint density at radius 3 is 2.75 bits per heavy atom. The maximum atomic E-state index is 11.9. The van der Waals surface area contributed by atoms with Crippen molar-refractivity contribution >= 4 is 17.5 Å². The van der Waals surface area contributed by atoms with Crippen LogP contribution in [0.5, 0.6) is 0 Å². The van der Waals surface area contributed by atoms with Crippen LogP contribution in [0.3, 0.4) is 0 Å². The molecule has 2 rings (SSSR count). The molecule has 2 N–H and O–H groups in total. The summed E-state index contributed by atoms with van der Waals surface area (Å²) >= 11 is 0. The summed E-state index contributed by atoms with van der Waals surface area (Å²) in [5.74, 6) is 0.850. The third-order valence-corrected chi connectivity index (χ3v) is 2.97. The summed E-state index contributed by atoms with van der Waals surface area (Å²) in [6, 6.07) is 5.41. The number of anilines is 1. The van der Waals surface area contributed by atoms with E-state index in [1.165, 1.54) is 0 Å². The van der Waals surface area contributed by atoms with Gasteiger partial charge in [0.25, 0.3) is 0 Å². The first kappa shape index (κ1) is 14.3. The van der Waals surface area contributed by atoms with Crippen LogP contribution < -0.4 is 10.6 Å². The van der Waals surface area contributed by atoms with Gasteiger partial charge in [0.2, 0.25) is 11.9 Å². The number of rotatable bonds is 5. The predicted molar refractivity (Wildman–Crippen MR) is 78.7 cm³/mol. The van der Waals surface area contributed by atoms with E-state index in [0.717, 1.165) is 11.3 Å². The molecule has 6 nitrogen and oxygen atoms in total. The molecule has 0 saturated carbocycles. The summed E-state index contributed by atoms with van der Waals surface area (Å²) in [5, 5.41) is 10.3. The van der Waals surface area contributed by atoms with Gasteiger partial charge in [-0.1, -0.05) is 19.9 Å². The molecule has 0 aromatic carbocycles. The summed E-state index contributed by atoms with van der Waals surface area (Å²) in [6.07, 6.45) is 0. The number of aryl methyl sites for hydroxylation is 1. The normalized spacial score (nSPS) is 12.7. The highest BCUT2D eigenvalue weighted by Gasteiger charge is 2.15. The lowest BCUT2D eigenvalue weighted by atomic mass is 10.2. The molecule has 0 fully saturated rings. The van der Waals surface area contributed by atoms with Crippen LogP contribution in [-0.4, -0.2) is 33.1 Å². The molecule has 2 aromatic heterocycles. The maximum absolute atomic E-state index is 11.9. The lowest BCUT2D eigenvalue weighted by molar-refractivity contribution is -0.121. The monoisotopic (exact) mass is 275 g/mol. The van der Waals surface area contributed by atoms with E-state index >= 15 is 0 Å². The van der Waals surface area contributed by atoms with Crippen molar-refractivity contribution < 1.29 is 4.79 Å². The fourth-order valence-electron chi connectivity index (χ4n) is 1.81. The van der Waals surface area contributed by atoms with Crippen LogP contribution in [0.4, 0.5) is 5.95 Å². The van der Waals surface area contributed by atoms with Crippen LogP contribution in [0.15, 0.2) is 18.2 Å². The zero-order chi connectivity index (χ0) is 14.7. The summed E-state index contributed by atoms with van der Waals surface area (Å²) in [4.78, 5) is 16.2. The first-order chi connectivity index (χ1) is 9.47. The van der Waals surface area contributed by atoms with Gasteiger partial charge in [0.1, 0.15) is 6.04 Å². The van der Waals surface area contributed by atoms with E-state index < -0.39 is 0 Å². The smallest absolute Gasteiger partial charge is 0.243 e. The first-order valence-electron chi connectivity index (χ1n) is 6.84. The molecule has 1 unspecified atom stereocenters. The Balaban J connectivity index is 2.04. The van der Waals surface area contributed by atoms with Crippen LogP contribution >= 0.6 is 0 Å². The standard InChI is InChI=1S/C14H21N5O/c1-9(2)8-15-13(20)11(4)16-14-17-12-7-5-6-10(3)19(12)18-14/h5-7,9,11H,8H2,1-4H3,(H,15,20)(H,16,18). The van der Waals surface area contributed by atoms with Gasteiger partial charge in [-0.05, 0) is 31.9 Å². The number of hydrogen-bond acceptors (Lipinski definition) is 4. The molecule has 1 atom stereocenters. The van der Waals surface area contributed by atoms with Gasteiger partial charge < -0.3 is 10.6 Å². The molecule has 2 heterocycles. The Morgan fingerprint density at radius 1 is 1.35 bits per heavy atom. The molecule has 0 bridgehead atoms. The van der Waals surface area contributed by atoms with Crippen LogP contribution in [0.1, 0.15) is 26.5 Å². The predicted octanol–water partition coefficient (Wildman–Crippen LogP) is 1.61. The van der Waals surface area contributed by atoms with Crippen LogP contribution in [0, 0.1) is 12.8 Å². The largest absolute Gasteiger partial charge is 0.354 e. The van der Waals surface area contributed by atoms with Gasteiger partial charge >= 0.3 is 0 Å². The molecule has 6 heteroatoms. The average Bonchev–Trinajstić information content (AvgIpc) is 2.79. The van der Waals surface area contributed by atoms with Crippen molar-refractivity contribution in [3.8, 4) is 0 Å². The molecule has 20 heavy (non-hydrogen) atoms. The zero-order valence-corrected chi connectivity index (χ0v) is 12.3. The van der Waals surface area contributed by atoms with Crippen LogP contribution in [0.25, 0.3) is 5.65 Å². The van der Waals surface area contributed by atoms with Gasteiger partial charge in [-0.2, -0.15) is 4.98 Å². The average molecular weight is 275 g/mol. The number of aromatic nitrogens is 3. The van der Waals surface area contributed by atoms with Gasteiger partial charge in [0.05, 0.1) is 0 Å². The second-order valence-electron chi connectivity index (χ2n) is 5.38. The summed E-state index contributed by atoms with van der Waals surface area (Å²) in [6.45, 7) is 8.55. The Bertz CT molecular complexity index is 605. The number of hydrogen-bond donors (Lipinski definition) is 2. The quantitative estimate of drug-likeness (QED) is 0.869. The lowest BCUT2D eigenvalue weighted by Crippen LogP contribution is -2.39. The highest BCUT2D eigenvalue weighted by molar-refractivity contribution is 5.83. The van der Waals surface area contributed by atoms with Crippen LogP contribution in [0.2, 0.25) is 0 Å². The Hall–Kier alpha value is -2.11. The molecule has 0 aliphatic heterocycles. The Kier molecular flexibility index (Phi) is 4.22. The van der Waals surface area contributed by atoms with Crippen molar-refractivity contribution in [3.05, 3.63) is 23.9 Å². The number of fused-ring (bicyclic) bond motifs is 1. The molecule has 108 valence electrons. The van der Waals surface area contributed by atoms with E-state index in [-0.39, 0.29) is 11.9 Å². The summed E-state index contributed by atoms with van der Waals surface area (Å²) in [5.41, 5.74) is 1.77. The van der Waals surface area contributed by atoms with E-state index in [4.69, 9.17) is 0 Å². The number of carbonyl (C=O) groups excluding carboxylic acids is 1. The molecule has 0 radical (unpaired) electrons. The molecule has 0 aliphatic rings. The fourth-order valence-corrected chi connectivity index (χ4v) is 1.81. The van der Waals surface area contributed by atoms with Gasteiger partial charge in [-0.3, -0.25) is 4.79 Å². The SMILES string of the molecule is Cc1cccc2nc(NC(C)C(=O)NCC(C)C)nn12. The number of carbonyl (C=O) groups is 1. The Morgan fingerprint density at radius 2 is 2.10 bits per heavy atom. The summed E-state index contributed by atoms with van der Waals surface area (Å²) < 4.78 is 1.75. The highest BCUT2D eigenvalue weighted by Crippen LogP contribution is 2.08. The highest BCUT2D eigenvalue weighted by atomic mass is 16.2. The van der Waals surface area contributed by atoms with E-state index in [1.54, 1.807) is 11.4 Å². The molecular weight excluding hydrogens is 254 g/mol. The van der Waals surface area contributed by atoms with Gasteiger partial charge in [0.15, 0.2) is 5.65 Å². The van der Waals surface area contributed by atoms with E-state index in [2.05, 4.69) is 34.6 Å².